The maximum Gasteiger partial charge on any atom is 0.213 e. The van der Waals surface area contributed by atoms with Crippen LogP contribution in [-0.2, 0) is 0 Å². The first kappa shape index (κ1) is 17.8. The minimum absolute atomic E-state index is 0.599. The second-order valence-electron chi connectivity index (χ2n) is 7.03. The van der Waals surface area contributed by atoms with Crippen LogP contribution in [-0.4, -0.2) is 30.8 Å². The third-order valence-corrected chi connectivity index (χ3v) is 5.61. The number of fused-ring (bicyclic) bond motifs is 3. The summed E-state index contributed by atoms with van der Waals surface area (Å²) in [6, 6.07) is 18.1. The van der Waals surface area contributed by atoms with E-state index in [0.717, 1.165) is 50.8 Å². The van der Waals surface area contributed by atoms with Gasteiger partial charge in [0.25, 0.3) is 0 Å². The molecule has 1 aliphatic heterocycles. The van der Waals surface area contributed by atoms with E-state index in [4.69, 9.17) is 16.3 Å². The highest BCUT2D eigenvalue weighted by atomic mass is 35.5. The van der Waals surface area contributed by atoms with E-state index in [9.17, 15) is 0 Å². The number of pyridine rings is 2. The van der Waals surface area contributed by atoms with Crippen molar-refractivity contribution in [2.75, 3.05) is 30.6 Å². The van der Waals surface area contributed by atoms with Crippen molar-refractivity contribution in [3.8, 4) is 17.0 Å². The van der Waals surface area contributed by atoms with Crippen molar-refractivity contribution in [1.29, 1.82) is 0 Å². The first-order valence-electron chi connectivity index (χ1n) is 9.32. The fourth-order valence-corrected chi connectivity index (χ4v) is 4.06. The second kappa shape index (κ2) is 6.94. The summed E-state index contributed by atoms with van der Waals surface area (Å²) in [4.78, 5) is 13.5. The number of hydrogen-bond acceptors (Lipinski definition) is 5. The molecule has 0 bridgehead atoms. The average molecular weight is 403 g/mol. The van der Waals surface area contributed by atoms with Crippen LogP contribution in [0, 0.1) is 0 Å². The predicted molar refractivity (Wildman–Crippen MR) is 118 cm³/mol. The predicted octanol–water partition coefficient (Wildman–Crippen LogP) is 5.50. The molecule has 0 fully saturated rings. The topological polar surface area (TPSA) is 41.5 Å². The van der Waals surface area contributed by atoms with Crippen molar-refractivity contribution in [3.05, 3.63) is 72.0 Å². The molecule has 0 spiro atoms. The molecule has 144 valence electrons. The second-order valence-corrected chi connectivity index (χ2v) is 7.44. The normalized spacial score (nSPS) is 13.1. The molecule has 0 saturated carbocycles. The highest BCUT2D eigenvalue weighted by Gasteiger charge is 2.28. The number of ether oxygens (including phenoxy) is 1. The summed E-state index contributed by atoms with van der Waals surface area (Å²) in [6.45, 7) is 0.723. The largest absolute Gasteiger partial charge is 0.481 e. The summed E-state index contributed by atoms with van der Waals surface area (Å²) < 4.78 is 5.21. The molecule has 3 heterocycles. The Kier molecular flexibility index (Phi) is 4.25. The van der Waals surface area contributed by atoms with Gasteiger partial charge in [0.05, 0.1) is 48.8 Å². The number of methoxy groups -OCH3 is 1. The van der Waals surface area contributed by atoms with Crippen LogP contribution in [0.25, 0.3) is 22.0 Å². The Morgan fingerprint density at radius 2 is 1.86 bits per heavy atom. The summed E-state index contributed by atoms with van der Waals surface area (Å²) in [7, 11) is 3.69. The smallest absolute Gasteiger partial charge is 0.213 e. The van der Waals surface area contributed by atoms with Gasteiger partial charge in [-0.15, -0.1) is 0 Å². The summed E-state index contributed by atoms with van der Waals surface area (Å²) in [5, 5.41) is 1.82. The lowest BCUT2D eigenvalue weighted by Gasteiger charge is -2.20. The average Bonchev–Trinajstić information content (AvgIpc) is 3.11. The minimum atomic E-state index is 0.599. The zero-order valence-electron chi connectivity index (χ0n) is 16.1. The van der Waals surface area contributed by atoms with E-state index in [1.54, 1.807) is 7.11 Å². The van der Waals surface area contributed by atoms with Gasteiger partial charge in [0.2, 0.25) is 5.88 Å². The van der Waals surface area contributed by atoms with Crippen molar-refractivity contribution in [2.45, 2.75) is 0 Å². The van der Waals surface area contributed by atoms with E-state index in [1.165, 1.54) is 0 Å². The van der Waals surface area contributed by atoms with Crippen LogP contribution in [0.4, 0.5) is 17.1 Å². The van der Waals surface area contributed by atoms with E-state index in [1.807, 2.05) is 48.8 Å². The van der Waals surface area contributed by atoms with Crippen LogP contribution in [0.3, 0.4) is 0 Å². The van der Waals surface area contributed by atoms with Crippen molar-refractivity contribution >= 4 is 39.6 Å². The van der Waals surface area contributed by atoms with Gasteiger partial charge in [0.1, 0.15) is 0 Å². The number of halogens is 1. The van der Waals surface area contributed by atoms with Gasteiger partial charge in [0, 0.05) is 29.1 Å². The molecule has 5 rings (SSSR count). The molecule has 29 heavy (non-hydrogen) atoms. The number of rotatable bonds is 3. The molecule has 0 aliphatic carbocycles. The molecule has 0 amide bonds. The van der Waals surface area contributed by atoms with Crippen LogP contribution in [0.2, 0.25) is 5.02 Å². The molecular formula is C23H19ClN4O. The van der Waals surface area contributed by atoms with Crippen molar-refractivity contribution in [3.63, 3.8) is 0 Å². The highest BCUT2D eigenvalue weighted by molar-refractivity contribution is 6.33. The van der Waals surface area contributed by atoms with Gasteiger partial charge < -0.3 is 14.5 Å². The number of aromatic nitrogens is 2. The Bertz CT molecular complexity index is 1210. The van der Waals surface area contributed by atoms with E-state index < -0.39 is 0 Å². The molecule has 0 unspecified atom stereocenters. The third-order valence-electron chi connectivity index (χ3n) is 5.28. The first-order valence-corrected chi connectivity index (χ1v) is 9.70. The summed E-state index contributed by atoms with van der Waals surface area (Å²) in [6.07, 6.45) is 3.77. The molecule has 0 radical (unpaired) electrons. The maximum atomic E-state index is 6.45. The van der Waals surface area contributed by atoms with Gasteiger partial charge >= 0.3 is 0 Å². The Morgan fingerprint density at radius 3 is 2.62 bits per heavy atom. The quantitative estimate of drug-likeness (QED) is 0.452. The molecular weight excluding hydrogens is 384 g/mol. The molecule has 0 saturated heterocycles. The van der Waals surface area contributed by atoms with Crippen LogP contribution >= 0.6 is 11.6 Å². The van der Waals surface area contributed by atoms with Crippen molar-refractivity contribution in [2.24, 2.45) is 0 Å². The zero-order valence-corrected chi connectivity index (χ0v) is 16.9. The molecule has 5 nitrogen and oxygen atoms in total. The number of hydrogen-bond donors (Lipinski definition) is 0. The standard InChI is InChI=1S/C23H19ClN4O/c1-27-14-28(16-8-10-22(29-2)26-12-16)23-18-11-15(17-5-3-4-6-19(17)24)7-9-20(18)25-13-21(23)27/h3-13H,14H2,1-2H3. The van der Waals surface area contributed by atoms with Gasteiger partial charge in [-0.2, -0.15) is 0 Å². The van der Waals surface area contributed by atoms with E-state index in [-0.39, 0.29) is 0 Å². The van der Waals surface area contributed by atoms with Crippen LogP contribution in [0.15, 0.2) is 67.0 Å². The first-order chi connectivity index (χ1) is 14.2. The summed E-state index contributed by atoms with van der Waals surface area (Å²) >= 11 is 6.45. The lowest BCUT2D eigenvalue weighted by molar-refractivity contribution is 0.398. The fraction of sp³-hybridized carbons (Fsp3) is 0.130. The number of anilines is 3. The van der Waals surface area contributed by atoms with E-state index in [0.29, 0.717) is 5.88 Å². The summed E-state index contributed by atoms with van der Waals surface area (Å²) in [5.41, 5.74) is 6.25. The van der Waals surface area contributed by atoms with E-state index in [2.05, 4.69) is 45.0 Å². The van der Waals surface area contributed by atoms with Gasteiger partial charge in [-0.25, -0.2) is 4.98 Å². The van der Waals surface area contributed by atoms with Crippen LogP contribution in [0.5, 0.6) is 5.88 Å². The van der Waals surface area contributed by atoms with Gasteiger partial charge in [-0.1, -0.05) is 35.9 Å². The SMILES string of the molecule is COc1ccc(N2CN(C)c3cnc4ccc(-c5ccccc5Cl)cc4c32)cn1. The molecule has 1 aliphatic rings. The van der Waals surface area contributed by atoms with Gasteiger partial charge in [-0.05, 0) is 29.8 Å². The maximum absolute atomic E-state index is 6.45. The minimum Gasteiger partial charge on any atom is -0.481 e. The lowest BCUT2D eigenvalue weighted by atomic mass is 10.0. The number of benzene rings is 2. The number of nitrogens with zero attached hydrogens (tertiary/aromatic N) is 4. The lowest BCUT2D eigenvalue weighted by Crippen LogP contribution is -2.24. The Labute approximate surface area is 174 Å². The van der Waals surface area contributed by atoms with Gasteiger partial charge in [-0.3, -0.25) is 4.98 Å². The molecule has 2 aromatic carbocycles. The molecule has 0 atom stereocenters. The Hall–Kier alpha value is -3.31. The molecule has 4 aromatic rings. The molecule has 0 N–H and O–H groups in total. The molecule has 6 heteroatoms. The monoisotopic (exact) mass is 402 g/mol. The Balaban J connectivity index is 1.70. The zero-order chi connectivity index (χ0) is 20.0. The van der Waals surface area contributed by atoms with Crippen molar-refractivity contribution < 1.29 is 4.74 Å². The fourth-order valence-electron chi connectivity index (χ4n) is 3.82. The van der Waals surface area contributed by atoms with Crippen molar-refractivity contribution in [1.82, 2.24) is 9.97 Å². The highest BCUT2D eigenvalue weighted by Crippen LogP contribution is 2.45. The van der Waals surface area contributed by atoms with Gasteiger partial charge in [0.15, 0.2) is 0 Å². The summed E-state index contributed by atoms with van der Waals surface area (Å²) in [5.74, 6) is 0.599. The third kappa shape index (κ3) is 2.95. The molecule has 2 aromatic heterocycles. The van der Waals surface area contributed by atoms with Crippen LogP contribution < -0.4 is 14.5 Å². The Morgan fingerprint density at radius 1 is 1.00 bits per heavy atom. The van der Waals surface area contributed by atoms with E-state index >= 15 is 0 Å². The van der Waals surface area contributed by atoms with Crippen LogP contribution in [0.1, 0.15) is 0 Å².